The molecule has 1 aliphatic carbocycles. The van der Waals surface area contributed by atoms with Gasteiger partial charge in [-0.05, 0) is 36.1 Å². The predicted molar refractivity (Wildman–Crippen MR) is 60.3 cm³/mol. The molecule has 0 spiro atoms. The molecule has 1 aliphatic rings. The third-order valence-corrected chi connectivity index (χ3v) is 3.94. The smallest absolute Gasteiger partial charge is 0.324 e. The van der Waals surface area contributed by atoms with Gasteiger partial charge < -0.3 is 5.73 Å². The Hall–Kier alpha value is -1.28. The fourth-order valence-electron chi connectivity index (χ4n) is 1.93. The van der Waals surface area contributed by atoms with Crippen LogP contribution in [0.25, 0.3) is 0 Å². The van der Waals surface area contributed by atoms with Gasteiger partial charge in [0, 0.05) is 11.7 Å². The lowest BCUT2D eigenvalue weighted by atomic mass is 10.1. The number of nitrogens with two attached hydrogens (primary N) is 1. The largest absolute Gasteiger partial charge is 0.516 e. The topological polar surface area (TPSA) is 72.2 Å². The highest BCUT2D eigenvalue weighted by Crippen LogP contribution is 2.32. The van der Waals surface area contributed by atoms with Crippen LogP contribution in [0.4, 0.5) is 18.9 Å². The van der Waals surface area contributed by atoms with Crippen molar-refractivity contribution in [1.29, 1.82) is 0 Å². The van der Waals surface area contributed by atoms with Crippen molar-refractivity contribution in [2.45, 2.75) is 24.4 Å². The monoisotopic (exact) mass is 280 g/mol. The van der Waals surface area contributed by atoms with Crippen LogP contribution in [-0.4, -0.2) is 13.9 Å². The quantitative estimate of drug-likeness (QED) is 0.869. The van der Waals surface area contributed by atoms with Gasteiger partial charge in [-0.2, -0.15) is 21.6 Å². The third kappa shape index (κ3) is 2.30. The van der Waals surface area contributed by atoms with E-state index >= 15 is 0 Å². The Morgan fingerprint density at radius 2 is 2.00 bits per heavy atom. The van der Waals surface area contributed by atoms with Gasteiger partial charge >= 0.3 is 15.5 Å². The number of fused-ring (bicyclic) bond motifs is 1. The van der Waals surface area contributed by atoms with Gasteiger partial charge in [0.1, 0.15) is 0 Å². The van der Waals surface area contributed by atoms with Crippen molar-refractivity contribution in [3.05, 3.63) is 29.3 Å². The van der Waals surface area contributed by atoms with Gasteiger partial charge in [-0.25, -0.2) is 0 Å². The summed E-state index contributed by atoms with van der Waals surface area (Å²) in [6, 6.07) is 4.10. The van der Waals surface area contributed by atoms with E-state index < -0.39 is 15.5 Å². The molecule has 0 amide bonds. The Kier molecular flexibility index (Phi) is 3.02. The zero-order valence-corrected chi connectivity index (χ0v) is 9.98. The van der Waals surface area contributed by atoms with Crippen molar-refractivity contribution < 1.29 is 21.6 Å². The summed E-state index contributed by atoms with van der Waals surface area (Å²) in [5.74, 6) is 0. The number of nitrogens with one attached hydrogen (secondary N) is 1. The fourth-order valence-corrected chi connectivity index (χ4v) is 2.48. The minimum absolute atomic E-state index is 0.0971. The van der Waals surface area contributed by atoms with Crippen molar-refractivity contribution in [1.82, 2.24) is 0 Å². The summed E-state index contributed by atoms with van der Waals surface area (Å²) in [6.07, 6.45) is 1.35. The van der Waals surface area contributed by atoms with E-state index in [1.165, 1.54) is 16.9 Å². The Bertz CT molecular complexity index is 569. The summed E-state index contributed by atoms with van der Waals surface area (Å²) < 4.78 is 59.9. The zero-order valence-electron chi connectivity index (χ0n) is 9.16. The van der Waals surface area contributed by atoms with Crippen molar-refractivity contribution in [3.63, 3.8) is 0 Å². The molecule has 1 atom stereocenters. The molecule has 1 aromatic rings. The second-order valence-electron chi connectivity index (χ2n) is 4.11. The SMILES string of the molecule is N[C@H]1CCc2cc(NS(=O)(=O)C(F)(F)F)ccc21. The fraction of sp³-hybridized carbons (Fsp3) is 0.400. The molecule has 0 saturated carbocycles. The molecule has 0 unspecified atom stereocenters. The van der Waals surface area contributed by atoms with E-state index in [1.54, 1.807) is 6.07 Å². The van der Waals surface area contributed by atoms with Crippen LogP contribution < -0.4 is 10.5 Å². The summed E-state index contributed by atoms with van der Waals surface area (Å²) in [5, 5.41) is 0. The molecule has 0 fully saturated rings. The van der Waals surface area contributed by atoms with E-state index in [2.05, 4.69) is 0 Å². The van der Waals surface area contributed by atoms with Gasteiger partial charge in [0.05, 0.1) is 0 Å². The molecule has 100 valence electrons. The molecule has 2 rings (SSSR count). The molecule has 8 heteroatoms. The molecule has 0 heterocycles. The van der Waals surface area contributed by atoms with Crippen LogP contribution in [0.1, 0.15) is 23.6 Å². The third-order valence-electron chi connectivity index (χ3n) is 2.82. The molecular weight excluding hydrogens is 269 g/mol. The number of halogens is 3. The molecule has 0 saturated heterocycles. The number of aryl methyl sites for hydroxylation is 1. The first kappa shape index (κ1) is 13.2. The average Bonchev–Trinajstić information content (AvgIpc) is 2.58. The first-order valence-corrected chi connectivity index (χ1v) is 6.66. The molecule has 18 heavy (non-hydrogen) atoms. The van der Waals surface area contributed by atoms with Crippen LogP contribution in [0.15, 0.2) is 18.2 Å². The lowest BCUT2D eigenvalue weighted by Crippen LogP contribution is -2.29. The number of hydrogen-bond acceptors (Lipinski definition) is 3. The van der Waals surface area contributed by atoms with Gasteiger partial charge in [-0.15, -0.1) is 0 Å². The molecular formula is C10H11F3N2O2S. The maximum absolute atomic E-state index is 12.2. The average molecular weight is 280 g/mol. The van der Waals surface area contributed by atoms with E-state index in [9.17, 15) is 21.6 Å². The van der Waals surface area contributed by atoms with Gasteiger partial charge in [0.25, 0.3) is 0 Å². The standard InChI is InChI=1S/C10H11F3N2O2S/c11-10(12,13)18(16,17)15-7-2-3-8-6(5-7)1-4-9(8)14/h2-3,5,9,15H,1,4,14H2/t9-/m0/s1. The molecule has 3 N–H and O–H groups in total. The van der Waals surface area contributed by atoms with E-state index in [0.717, 1.165) is 11.1 Å². The molecule has 4 nitrogen and oxygen atoms in total. The zero-order chi connectivity index (χ0) is 13.6. The van der Waals surface area contributed by atoms with E-state index in [4.69, 9.17) is 5.73 Å². The number of sulfonamides is 1. The number of anilines is 1. The van der Waals surface area contributed by atoms with E-state index in [-0.39, 0.29) is 11.7 Å². The molecule has 0 radical (unpaired) electrons. The maximum Gasteiger partial charge on any atom is 0.516 e. The number of benzene rings is 1. The lowest BCUT2D eigenvalue weighted by molar-refractivity contribution is -0.0429. The van der Waals surface area contributed by atoms with Crippen LogP contribution in [-0.2, 0) is 16.4 Å². The first-order valence-electron chi connectivity index (χ1n) is 5.18. The number of alkyl halides is 3. The van der Waals surface area contributed by atoms with Gasteiger partial charge in [-0.3, -0.25) is 4.72 Å². The van der Waals surface area contributed by atoms with Crippen LogP contribution in [0.5, 0.6) is 0 Å². The Morgan fingerprint density at radius 1 is 1.33 bits per heavy atom. The van der Waals surface area contributed by atoms with E-state index in [1.807, 2.05) is 0 Å². The van der Waals surface area contributed by atoms with Crippen molar-refractivity contribution >= 4 is 15.7 Å². The highest BCUT2D eigenvalue weighted by Gasteiger charge is 2.46. The Balaban J connectivity index is 2.28. The van der Waals surface area contributed by atoms with Crippen molar-refractivity contribution in [3.8, 4) is 0 Å². The molecule has 1 aromatic carbocycles. The second-order valence-corrected chi connectivity index (χ2v) is 5.78. The molecule has 0 aliphatic heterocycles. The van der Waals surface area contributed by atoms with Gasteiger partial charge in [-0.1, -0.05) is 6.07 Å². The van der Waals surface area contributed by atoms with Crippen LogP contribution >= 0.6 is 0 Å². The summed E-state index contributed by atoms with van der Waals surface area (Å²) in [5.41, 5.74) is 1.99. The van der Waals surface area contributed by atoms with Gasteiger partial charge in [0.15, 0.2) is 0 Å². The molecule has 0 bridgehead atoms. The van der Waals surface area contributed by atoms with Crippen molar-refractivity contribution in [2.75, 3.05) is 4.72 Å². The lowest BCUT2D eigenvalue weighted by Gasteiger charge is -2.12. The number of hydrogen-bond donors (Lipinski definition) is 2. The van der Waals surface area contributed by atoms with Crippen LogP contribution in [0.2, 0.25) is 0 Å². The van der Waals surface area contributed by atoms with Crippen LogP contribution in [0.3, 0.4) is 0 Å². The normalized spacial score (nSPS) is 19.7. The summed E-state index contributed by atoms with van der Waals surface area (Å²) in [7, 11) is -5.36. The Morgan fingerprint density at radius 3 is 2.61 bits per heavy atom. The minimum atomic E-state index is -5.36. The Labute approximate surface area is 102 Å². The highest BCUT2D eigenvalue weighted by molar-refractivity contribution is 7.93. The molecule has 0 aromatic heterocycles. The van der Waals surface area contributed by atoms with Crippen LogP contribution in [0, 0.1) is 0 Å². The predicted octanol–water partition coefficient (Wildman–Crippen LogP) is 1.89. The minimum Gasteiger partial charge on any atom is -0.324 e. The second kappa shape index (κ2) is 4.13. The van der Waals surface area contributed by atoms with Crippen molar-refractivity contribution in [2.24, 2.45) is 5.73 Å². The highest BCUT2D eigenvalue weighted by atomic mass is 32.2. The van der Waals surface area contributed by atoms with Gasteiger partial charge in [0.2, 0.25) is 0 Å². The van der Waals surface area contributed by atoms with E-state index in [0.29, 0.717) is 12.8 Å². The first-order chi connectivity index (χ1) is 8.21. The maximum atomic E-state index is 12.2. The number of rotatable bonds is 2. The summed E-state index contributed by atoms with van der Waals surface area (Å²) >= 11 is 0. The summed E-state index contributed by atoms with van der Waals surface area (Å²) in [6.45, 7) is 0. The summed E-state index contributed by atoms with van der Waals surface area (Å²) in [4.78, 5) is 0.